The maximum absolute atomic E-state index is 12.3. The van der Waals surface area contributed by atoms with Crippen LogP contribution in [0.15, 0.2) is 30.5 Å². The molecule has 138 valence electrons. The molecule has 0 unspecified atom stereocenters. The first-order chi connectivity index (χ1) is 12.4. The molecule has 0 bridgehead atoms. The molecule has 0 radical (unpaired) electrons. The first-order valence-corrected chi connectivity index (χ1v) is 8.80. The molecule has 0 spiro atoms. The van der Waals surface area contributed by atoms with Gasteiger partial charge in [-0.3, -0.25) is 9.69 Å². The molecule has 0 atom stereocenters. The van der Waals surface area contributed by atoms with Crippen LogP contribution in [0, 0.1) is 10.1 Å². The molecule has 1 saturated heterocycles. The highest BCUT2D eigenvalue weighted by Crippen LogP contribution is 2.22. The lowest BCUT2D eigenvalue weighted by Gasteiger charge is -2.34. The molecule has 1 amide bonds. The molecule has 1 aromatic heterocycles. The quantitative estimate of drug-likeness (QED) is 0.571. The molecule has 26 heavy (non-hydrogen) atoms. The maximum Gasteiger partial charge on any atom is 0.389 e. The van der Waals surface area contributed by atoms with Crippen LogP contribution in [-0.2, 0) is 17.9 Å². The van der Waals surface area contributed by atoms with Gasteiger partial charge in [-0.05, 0) is 22.6 Å². The summed E-state index contributed by atoms with van der Waals surface area (Å²) in [6.45, 7) is 3.33. The van der Waals surface area contributed by atoms with Crippen molar-refractivity contribution in [1.29, 1.82) is 0 Å². The number of hydrogen-bond acceptors (Lipinski definition) is 5. The van der Waals surface area contributed by atoms with Gasteiger partial charge in [0.1, 0.15) is 6.54 Å². The van der Waals surface area contributed by atoms with Crippen LogP contribution in [-0.4, -0.2) is 56.6 Å². The van der Waals surface area contributed by atoms with Crippen molar-refractivity contribution in [2.75, 3.05) is 26.2 Å². The van der Waals surface area contributed by atoms with Crippen molar-refractivity contribution in [3.8, 4) is 0 Å². The van der Waals surface area contributed by atoms with Crippen LogP contribution in [0.1, 0.15) is 5.56 Å². The molecule has 2 aromatic rings. The van der Waals surface area contributed by atoms with Gasteiger partial charge in [0, 0.05) is 42.8 Å². The van der Waals surface area contributed by atoms with E-state index in [-0.39, 0.29) is 18.3 Å². The van der Waals surface area contributed by atoms with Gasteiger partial charge in [0.05, 0.1) is 17.4 Å². The Morgan fingerprint density at radius 1 is 1.19 bits per heavy atom. The Morgan fingerprint density at radius 2 is 1.92 bits per heavy atom. The van der Waals surface area contributed by atoms with Crippen LogP contribution < -0.4 is 0 Å². The summed E-state index contributed by atoms with van der Waals surface area (Å²) in [7, 11) is 0. The lowest BCUT2D eigenvalue weighted by molar-refractivity contribution is -0.389. The van der Waals surface area contributed by atoms with E-state index in [1.165, 1.54) is 16.9 Å². The normalized spacial score (nSPS) is 15.2. The number of benzene rings is 1. The van der Waals surface area contributed by atoms with E-state index in [0.717, 1.165) is 18.7 Å². The molecule has 0 saturated carbocycles. The van der Waals surface area contributed by atoms with Crippen LogP contribution in [0.2, 0.25) is 10.0 Å². The number of carbonyl (C=O) groups is 1. The summed E-state index contributed by atoms with van der Waals surface area (Å²) in [6.07, 6.45) is 1.44. The fraction of sp³-hybridized carbons (Fsp3) is 0.375. The Bertz CT molecular complexity index is 818. The summed E-state index contributed by atoms with van der Waals surface area (Å²) in [4.78, 5) is 26.4. The van der Waals surface area contributed by atoms with Crippen molar-refractivity contribution < 1.29 is 9.72 Å². The van der Waals surface area contributed by atoms with E-state index in [2.05, 4.69) is 10.00 Å². The number of nitrogens with zero attached hydrogens (tertiary/aromatic N) is 5. The van der Waals surface area contributed by atoms with E-state index < -0.39 is 4.92 Å². The second kappa shape index (κ2) is 8.03. The van der Waals surface area contributed by atoms with Gasteiger partial charge in [0.2, 0.25) is 5.91 Å². The molecule has 10 heteroatoms. The SMILES string of the molecule is O=C(Cn1ccc([N+](=O)[O-])n1)N1CCN(Cc2ccc(Cl)cc2Cl)CC1. The molecule has 8 nitrogen and oxygen atoms in total. The minimum atomic E-state index is -0.582. The minimum absolute atomic E-state index is 0.00312. The molecule has 2 heterocycles. The Kier molecular flexibility index (Phi) is 5.75. The van der Waals surface area contributed by atoms with Crippen molar-refractivity contribution in [2.24, 2.45) is 0 Å². The number of halogens is 2. The minimum Gasteiger partial charge on any atom is -0.358 e. The lowest BCUT2D eigenvalue weighted by Crippen LogP contribution is -2.49. The van der Waals surface area contributed by atoms with Crippen LogP contribution in [0.4, 0.5) is 5.82 Å². The second-order valence-corrected chi connectivity index (χ2v) is 6.86. The number of rotatable bonds is 5. The molecule has 1 aromatic carbocycles. The number of piperazine rings is 1. The third-order valence-corrected chi connectivity index (χ3v) is 4.83. The van der Waals surface area contributed by atoms with Gasteiger partial charge in [0.15, 0.2) is 0 Å². The van der Waals surface area contributed by atoms with E-state index in [9.17, 15) is 14.9 Å². The third kappa shape index (κ3) is 4.51. The first kappa shape index (κ1) is 18.6. The highest BCUT2D eigenvalue weighted by Gasteiger charge is 2.23. The number of carbonyl (C=O) groups excluding carboxylic acids is 1. The van der Waals surface area contributed by atoms with Gasteiger partial charge in [-0.1, -0.05) is 29.3 Å². The predicted molar refractivity (Wildman–Crippen MR) is 97.2 cm³/mol. The molecular formula is C16H17Cl2N5O3. The monoisotopic (exact) mass is 397 g/mol. The maximum atomic E-state index is 12.3. The fourth-order valence-corrected chi connectivity index (χ4v) is 3.29. The van der Waals surface area contributed by atoms with E-state index in [0.29, 0.717) is 29.7 Å². The summed E-state index contributed by atoms with van der Waals surface area (Å²) < 4.78 is 1.29. The average molecular weight is 398 g/mol. The molecule has 3 rings (SSSR count). The molecular weight excluding hydrogens is 381 g/mol. The van der Waals surface area contributed by atoms with Crippen molar-refractivity contribution in [2.45, 2.75) is 13.1 Å². The Balaban J connectivity index is 1.51. The van der Waals surface area contributed by atoms with Crippen LogP contribution in [0.25, 0.3) is 0 Å². The van der Waals surface area contributed by atoms with Gasteiger partial charge in [-0.15, -0.1) is 0 Å². The van der Waals surface area contributed by atoms with Crippen molar-refractivity contribution >= 4 is 34.9 Å². The van der Waals surface area contributed by atoms with Crippen molar-refractivity contribution in [1.82, 2.24) is 19.6 Å². The standard InChI is InChI=1S/C16H17Cl2N5O3/c17-13-2-1-12(14(18)9-13)10-20-5-7-21(8-6-20)16(24)11-22-4-3-15(19-22)23(25)26/h1-4,9H,5-8,10-11H2. The average Bonchev–Trinajstić information content (AvgIpc) is 3.07. The zero-order valence-corrected chi connectivity index (χ0v) is 15.4. The fourth-order valence-electron chi connectivity index (χ4n) is 2.82. The number of amides is 1. The van der Waals surface area contributed by atoms with Gasteiger partial charge in [0.25, 0.3) is 0 Å². The van der Waals surface area contributed by atoms with Gasteiger partial charge >= 0.3 is 5.82 Å². The third-order valence-electron chi connectivity index (χ3n) is 4.24. The largest absolute Gasteiger partial charge is 0.389 e. The molecule has 1 fully saturated rings. The Morgan fingerprint density at radius 3 is 2.54 bits per heavy atom. The molecule has 1 aliphatic heterocycles. The number of aromatic nitrogens is 2. The first-order valence-electron chi connectivity index (χ1n) is 8.04. The number of hydrogen-bond donors (Lipinski definition) is 0. The van der Waals surface area contributed by atoms with Gasteiger partial charge in [-0.2, -0.15) is 4.68 Å². The van der Waals surface area contributed by atoms with Crippen molar-refractivity contribution in [3.05, 3.63) is 56.2 Å². The number of nitro groups is 1. The van der Waals surface area contributed by atoms with Gasteiger partial charge in [-0.25, -0.2) is 0 Å². The Labute approximate surface area is 160 Å². The van der Waals surface area contributed by atoms with Crippen molar-refractivity contribution in [3.63, 3.8) is 0 Å². The summed E-state index contributed by atoms with van der Waals surface area (Å²) in [5, 5.41) is 15.6. The summed E-state index contributed by atoms with van der Waals surface area (Å²) in [6, 6.07) is 6.72. The second-order valence-electron chi connectivity index (χ2n) is 6.02. The summed E-state index contributed by atoms with van der Waals surface area (Å²) in [5.74, 6) is -0.366. The smallest absolute Gasteiger partial charge is 0.358 e. The molecule has 0 N–H and O–H groups in total. The Hall–Kier alpha value is -2.16. The highest BCUT2D eigenvalue weighted by molar-refractivity contribution is 6.35. The highest BCUT2D eigenvalue weighted by atomic mass is 35.5. The van der Waals surface area contributed by atoms with E-state index in [4.69, 9.17) is 23.2 Å². The van der Waals surface area contributed by atoms with E-state index in [1.54, 1.807) is 11.0 Å². The topological polar surface area (TPSA) is 84.5 Å². The zero-order chi connectivity index (χ0) is 18.7. The van der Waals surface area contributed by atoms with E-state index >= 15 is 0 Å². The van der Waals surface area contributed by atoms with Crippen LogP contribution >= 0.6 is 23.2 Å². The van der Waals surface area contributed by atoms with Crippen LogP contribution in [0.3, 0.4) is 0 Å². The lowest BCUT2D eigenvalue weighted by atomic mass is 10.2. The predicted octanol–water partition coefficient (Wildman–Crippen LogP) is 2.44. The van der Waals surface area contributed by atoms with Crippen LogP contribution in [0.5, 0.6) is 0 Å². The summed E-state index contributed by atoms with van der Waals surface area (Å²) in [5.41, 5.74) is 1.000. The zero-order valence-electron chi connectivity index (χ0n) is 13.8. The molecule has 1 aliphatic rings. The summed E-state index contributed by atoms with van der Waals surface area (Å²) >= 11 is 12.1. The molecule has 0 aliphatic carbocycles. The van der Waals surface area contributed by atoms with Gasteiger partial charge < -0.3 is 15.0 Å². The van der Waals surface area contributed by atoms with E-state index in [1.807, 2.05) is 12.1 Å².